The first-order valence-electron chi connectivity index (χ1n) is 10.3. The van der Waals surface area contributed by atoms with Gasteiger partial charge in [0.1, 0.15) is 0 Å². The van der Waals surface area contributed by atoms with Crippen LogP contribution < -0.4 is 0 Å². The molecule has 5 rings (SSSR count). The lowest BCUT2D eigenvalue weighted by Gasteiger charge is -2.23. The Bertz CT molecular complexity index is 1270. The number of hydroxylamine groups is 1. The third-order valence-electron chi connectivity index (χ3n) is 6.14. The smallest absolute Gasteiger partial charge is 0.273 e. The van der Waals surface area contributed by atoms with Crippen LogP contribution in [0.4, 0.5) is 0 Å². The second kappa shape index (κ2) is 6.57. The van der Waals surface area contributed by atoms with Gasteiger partial charge in [-0.2, -0.15) is 4.74 Å². The second-order valence-electron chi connectivity index (χ2n) is 8.63. The molecule has 0 amide bonds. The summed E-state index contributed by atoms with van der Waals surface area (Å²) in [5, 5.41) is 20.4. The van der Waals surface area contributed by atoms with E-state index in [9.17, 15) is 5.21 Å². The zero-order chi connectivity index (χ0) is 20.2. The Balaban J connectivity index is 1.63. The zero-order valence-electron chi connectivity index (χ0n) is 17.1. The maximum atomic E-state index is 12.8. The Kier molecular flexibility index (Phi) is 4.11. The summed E-state index contributed by atoms with van der Waals surface area (Å²) in [7, 11) is 0. The highest BCUT2D eigenvalue weighted by molar-refractivity contribution is 6.24. The van der Waals surface area contributed by atoms with Gasteiger partial charge in [0.2, 0.25) is 0 Å². The highest BCUT2D eigenvalue weighted by Crippen LogP contribution is 2.37. The van der Waals surface area contributed by atoms with Crippen LogP contribution in [0.3, 0.4) is 0 Å². The van der Waals surface area contributed by atoms with Crippen LogP contribution in [0.25, 0.3) is 38.4 Å². The monoisotopic (exact) mass is 383 g/mol. The Hall–Kier alpha value is -2.91. The van der Waals surface area contributed by atoms with Gasteiger partial charge in [0, 0.05) is 12.5 Å². The molecule has 1 unspecified atom stereocenters. The van der Waals surface area contributed by atoms with Gasteiger partial charge in [-0.15, -0.1) is 0 Å². The van der Waals surface area contributed by atoms with Crippen molar-refractivity contribution in [1.82, 2.24) is 0 Å². The third kappa shape index (κ3) is 2.80. The maximum Gasteiger partial charge on any atom is 0.273 e. The second-order valence-corrected chi connectivity index (χ2v) is 8.63. The average molecular weight is 383 g/mol. The molecule has 0 aliphatic carbocycles. The minimum absolute atomic E-state index is 0.194. The first kappa shape index (κ1) is 18.1. The van der Waals surface area contributed by atoms with Gasteiger partial charge in [-0.3, -0.25) is 0 Å². The van der Waals surface area contributed by atoms with E-state index in [0.29, 0.717) is 13.0 Å². The number of rotatable bonds is 4. The van der Waals surface area contributed by atoms with Crippen LogP contribution >= 0.6 is 0 Å². The molecule has 3 nitrogen and oxygen atoms in total. The average Bonchev–Trinajstić information content (AvgIpc) is 2.94. The van der Waals surface area contributed by atoms with Gasteiger partial charge in [0.05, 0.1) is 12.0 Å². The molecule has 1 atom stereocenters. The van der Waals surface area contributed by atoms with Crippen molar-refractivity contribution in [3.05, 3.63) is 71.4 Å². The fraction of sp³-hybridized carbons (Fsp3) is 0.269. The van der Waals surface area contributed by atoms with Gasteiger partial charge in [0.15, 0.2) is 5.71 Å². The summed E-state index contributed by atoms with van der Waals surface area (Å²) < 4.78 is 6.77. The molecule has 4 aromatic carbocycles. The molecule has 1 aliphatic rings. The van der Waals surface area contributed by atoms with Crippen molar-refractivity contribution >= 4 is 44.1 Å². The van der Waals surface area contributed by atoms with E-state index in [4.69, 9.17) is 4.74 Å². The van der Waals surface area contributed by atoms with Gasteiger partial charge in [-0.1, -0.05) is 68.4 Å². The molecule has 0 N–H and O–H groups in total. The molecular formula is C26H25NO2. The number of allylic oxidation sites excluding steroid dienone is 1. The van der Waals surface area contributed by atoms with Crippen LogP contribution in [-0.2, 0) is 4.74 Å². The van der Waals surface area contributed by atoms with Crippen LogP contribution in [0.2, 0.25) is 0 Å². The fourth-order valence-corrected chi connectivity index (χ4v) is 4.77. The molecule has 0 aromatic heterocycles. The fourth-order valence-electron chi connectivity index (χ4n) is 4.77. The molecular weight excluding hydrogens is 358 g/mol. The van der Waals surface area contributed by atoms with E-state index < -0.39 is 6.23 Å². The van der Waals surface area contributed by atoms with Crippen molar-refractivity contribution in [2.45, 2.75) is 33.4 Å². The standard InChI is InChI=1S/C26H25NO2/c1-4-29-25-26(2,3)16-21(27(25)28)14-12-17-8-9-20-11-10-18-6-5-7-19-13-15-22(17)24(20)23(18)19/h5-15,25H,4,16H2,1-3H3/b14-12+. The lowest BCUT2D eigenvalue weighted by atomic mass is 9.88. The molecule has 1 heterocycles. The maximum absolute atomic E-state index is 12.8. The van der Waals surface area contributed by atoms with E-state index in [-0.39, 0.29) is 5.41 Å². The highest BCUT2D eigenvalue weighted by Gasteiger charge is 2.45. The Labute approximate surface area is 170 Å². The molecule has 0 bridgehead atoms. The zero-order valence-corrected chi connectivity index (χ0v) is 17.1. The molecule has 4 aromatic rings. The van der Waals surface area contributed by atoms with Crippen molar-refractivity contribution in [3.63, 3.8) is 0 Å². The summed E-state index contributed by atoms with van der Waals surface area (Å²) in [4.78, 5) is 0. The van der Waals surface area contributed by atoms with Gasteiger partial charge in [-0.05, 0) is 50.9 Å². The molecule has 3 heteroatoms. The summed E-state index contributed by atoms with van der Waals surface area (Å²) in [6.45, 7) is 6.66. The van der Waals surface area contributed by atoms with Crippen molar-refractivity contribution < 1.29 is 9.48 Å². The quantitative estimate of drug-likeness (QED) is 0.234. The van der Waals surface area contributed by atoms with E-state index in [0.717, 1.165) is 16.0 Å². The van der Waals surface area contributed by atoms with Gasteiger partial charge < -0.3 is 9.94 Å². The summed E-state index contributed by atoms with van der Waals surface area (Å²) in [5.74, 6) is 0. The van der Waals surface area contributed by atoms with E-state index in [1.165, 1.54) is 32.3 Å². The molecule has 0 saturated heterocycles. The first-order chi connectivity index (χ1) is 14.0. The molecule has 0 saturated carbocycles. The van der Waals surface area contributed by atoms with Crippen LogP contribution in [0.5, 0.6) is 0 Å². The van der Waals surface area contributed by atoms with Gasteiger partial charge in [-0.25, -0.2) is 0 Å². The predicted octanol–water partition coefficient (Wildman–Crippen LogP) is 6.34. The molecule has 146 valence electrons. The Morgan fingerprint density at radius 2 is 1.62 bits per heavy atom. The van der Waals surface area contributed by atoms with Crippen LogP contribution in [0, 0.1) is 10.6 Å². The minimum atomic E-state index is -0.423. The van der Waals surface area contributed by atoms with Crippen molar-refractivity contribution in [3.8, 4) is 0 Å². The van der Waals surface area contributed by atoms with E-state index in [1.807, 2.05) is 13.0 Å². The number of hydrogen-bond donors (Lipinski definition) is 0. The molecule has 1 aliphatic heterocycles. The molecule has 0 spiro atoms. The van der Waals surface area contributed by atoms with Crippen molar-refractivity contribution in [2.24, 2.45) is 5.41 Å². The van der Waals surface area contributed by atoms with Gasteiger partial charge >= 0.3 is 0 Å². The lowest BCUT2D eigenvalue weighted by molar-refractivity contribution is -0.564. The van der Waals surface area contributed by atoms with Gasteiger partial charge in [0.25, 0.3) is 6.23 Å². The molecule has 0 fully saturated rings. The van der Waals surface area contributed by atoms with E-state index >= 15 is 0 Å². The minimum Gasteiger partial charge on any atom is -0.622 e. The molecule has 0 radical (unpaired) electrons. The highest BCUT2D eigenvalue weighted by atomic mass is 16.6. The predicted molar refractivity (Wildman–Crippen MR) is 122 cm³/mol. The van der Waals surface area contributed by atoms with Crippen LogP contribution in [-0.4, -0.2) is 23.3 Å². The number of nitrogens with zero attached hydrogens (tertiary/aromatic N) is 1. The van der Waals surface area contributed by atoms with Crippen LogP contribution in [0.15, 0.2) is 60.7 Å². The number of hydrogen-bond acceptors (Lipinski definition) is 2. The van der Waals surface area contributed by atoms with Crippen molar-refractivity contribution in [1.29, 1.82) is 0 Å². The lowest BCUT2D eigenvalue weighted by Crippen LogP contribution is -2.33. The Morgan fingerprint density at radius 1 is 0.966 bits per heavy atom. The topological polar surface area (TPSA) is 35.3 Å². The summed E-state index contributed by atoms with van der Waals surface area (Å²) in [6.07, 6.45) is 4.34. The first-order valence-corrected chi connectivity index (χ1v) is 10.3. The number of benzene rings is 4. The number of ether oxygens (including phenoxy) is 1. The van der Waals surface area contributed by atoms with E-state index in [1.54, 1.807) is 0 Å². The molecule has 29 heavy (non-hydrogen) atoms. The normalized spacial score (nSPS) is 19.5. The largest absolute Gasteiger partial charge is 0.622 e. The summed E-state index contributed by atoms with van der Waals surface area (Å²) in [6, 6.07) is 19.6. The summed E-state index contributed by atoms with van der Waals surface area (Å²) >= 11 is 0. The Morgan fingerprint density at radius 3 is 2.34 bits per heavy atom. The van der Waals surface area contributed by atoms with Crippen LogP contribution in [0.1, 0.15) is 32.8 Å². The van der Waals surface area contributed by atoms with E-state index in [2.05, 4.69) is 74.5 Å². The van der Waals surface area contributed by atoms with Crippen molar-refractivity contribution in [2.75, 3.05) is 6.61 Å². The third-order valence-corrected chi connectivity index (χ3v) is 6.14. The SMILES string of the molecule is CCOC1[N+]([O-])=C(/C=C/c2ccc3ccc4cccc5ccc2c3c45)CC1(C)C. The summed E-state index contributed by atoms with van der Waals surface area (Å²) in [5.41, 5.74) is 1.72.